The molecule has 0 aliphatic carbocycles. The van der Waals surface area contributed by atoms with Gasteiger partial charge < -0.3 is 5.73 Å². The van der Waals surface area contributed by atoms with Crippen LogP contribution in [-0.4, -0.2) is 18.6 Å². The van der Waals surface area contributed by atoms with Gasteiger partial charge in [-0.1, -0.05) is 41.9 Å². The monoisotopic (exact) mass is 450 g/mol. The van der Waals surface area contributed by atoms with E-state index in [0.717, 1.165) is 16.4 Å². The van der Waals surface area contributed by atoms with Gasteiger partial charge in [0.15, 0.2) is 0 Å². The van der Waals surface area contributed by atoms with Crippen molar-refractivity contribution in [2.45, 2.75) is 17.5 Å². The van der Waals surface area contributed by atoms with Crippen LogP contribution in [0.15, 0.2) is 77.7 Å². The van der Waals surface area contributed by atoms with Gasteiger partial charge in [-0.05, 0) is 47.5 Å². The molecule has 0 heterocycles. The lowest BCUT2D eigenvalue weighted by molar-refractivity contribution is -0.122. The number of sulfonamides is 1. The number of rotatable bonds is 7. The molecule has 156 valence electrons. The lowest BCUT2D eigenvalue weighted by atomic mass is 10.1. The van der Waals surface area contributed by atoms with Gasteiger partial charge in [-0.15, -0.1) is 0 Å². The number of hydrogen-bond acceptors (Lipinski definition) is 3. The molecule has 30 heavy (non-hydrogen) atoms. The summed E-state index contributed by atoms with van der Waals surface area (Å²) >= 11 is 5.85. The molecule has 0 saturated heterocycles. The number of amides is 1. The fourth-order valence-electron chi connectivity index (χ4n) is 3.05. The first-order valence-corrected chi connectivity index (χ1v) is 10.6. The van der Waals surface area contributed by atoms with Crippen molar-refractivity contribution < 1.29 is 22.0 Å². The van der Waals surface area contributed by atoms with Crippen LogP contribution < -0.4 is 5.73 Å². The highest BCUT2D eigenvalue weighted by atomic mass is 35.5. The van der Waals surface area contributed by atoms with E-state index in [1.807, 2.05) is 0 Å². The van der Waals surface area contributed by atoms with Crippen molar-refractivity contribution in [3.8, 4) is 0 Å². The highest BCUT2D eigenvalue weighted by molar-refractivity contribution is 7.89. The first-order valence-electron chi connectivity index (χ1n) is 8.75. The summed E-state index contributed by atoms with van der Waals surface area (Å²) in [5, 5.41) is 0.321. The number of benzene rings is 3. The van der Waals surface area contributed by atoms with Crippen molar-refractivity contribution in [2.24, 2.45) is 5.73 Å². The third kappa shape index (κ3) is 4.84. The van der Waals surface area contributed by atoms with Gasteiger partial charge >= 0.3 is 0 Å². The average Bonchev–Trinajstić information content (AvgIpc) is 2.67. The summed E-state index contributed by atoms with van der Waals surface area (Å²) in [6, 6.07) is 14.6. The van der Waals surface area contributed by atoms with E-state index in [9.17, 15) is 22.0 Å². The van der Waals surface area contributed by atoms with E-state index in [0.29, 0.717) is 16.7 Å². The Balaban J connectivity index is 2.16. The molecule has 0 aromatic heterocycles. The van der Waals surface area contributed by atoms with Crippen molar-refractivity contribution >= 4 is 27.5 Å². The number of nitrogens with two attached hydrogens (primary N) is 1. The average molecular weight is 451 g/mol. The zero-order valence-corrected chi connectivity index (χ0v) is 17.1. The zero-order valence-electron chi connectivity index (χ0n) is 15.5. The largest absolute Gasteiger partial charge is 0.368 e. The van der Waals surface area contributed by atoms with E-state index in [2.05, 4.69) is 0 Å². The highest BCUT2D eigenvalue weighted by Crippen LogP contribution is 2.30. The van der Waals surface area contributed by atoms with E-state index >= 15 is 0 Å². The van der Waals surface area contributed by atoms with Crippen LogP contribution in [-0.2, 0) is 21.4 Å². The fourth-order valence-corrected chi connectivity index (χ4v) is 4.75. The Bertz CT molecular complexity index is 1140. The number of nitrogens with zero attached hydrogens (tertiary/aromatic N) is 1. The van der Waals surface area contributed by atoms with Gasteiger partial charge in [-0.2, -0.15) is 4.31 Å². The van der Waals surface area contributed by atoms with Gasteiger partial charge in [-0.25, -0.2) is 17.2 Å². The lowest BCUT2D eigenvalue weighted by Gasteiger charge is -2.29. The molecule has 0 spiro atoms. The van der Waals surface area contributed by atoms with E-state index in [1.165, 1.54) is 24.3 Å². The van der Waals surface area contributed by atoms with Crippen LogP contribution in [0.4, 0.5) is 8.78 Å². The predicted molar refractivity (Wildman–Crippen MR) is 109 cm³/mol. The van der Waals surface area contributed by atoms with Gasteiger partial charge in [0.2, 0.25) is 15.9 Å². The molecule has 2 N–H and O–H groups in total. The van der Waals surface area contributed by atoms with Crippen molar-refractivity contribution in [3.63, 3.8) is 0 Å². The van der Waals surface area contributed by atoms with Gasteiger partial charge in [0.05, 0.1) is 4.90 Å². The molecule has 1 unspecified atom stereocenters. The molecule has 0 saturated carbocycles. The maximum absolute atomic E-state index is 13.7. The number of primary amides is 1. The molecular weight excluding hydrogens is 434 g/mol. The molecule has 1 amide bonds. The maximum Gasteiger partial charge on any atom is 0.244 e. The smallest absolute Gasteiger partial charge is 0.244 e. The maximum atomic E-state index is 13.7. The second kappa shape index (κ2) is 8.91. The van der Waals surface area contributed by atoms with E-state index < -0.39 is 40.2 Å². The number of carbonyl (C=O) groups is 1. The molecule has 3 aromatic carbocycles. The number of carbonyl (C=O) groups excluding carboxylic acids is 1. The van der Waals surface area contributed by atoms with E-state index in [4.69, 9.17) is 17.3 Å². The Kier molecular flexibility index (Phi) is 6.50. The molecule has 1 atom stereocenters. The molecule has 0 aliphatic heterocycles. The summed E-state index contributed by atoms with van der Waals surface area (Å²) in [5.74, 6) is -2.68. The van der Waals surface area contributed by atoms with Crippen LogP contribution in [0.2, 0.25) is 5.02 Å². The summed E-state index contributed by atoms with van der Waals surface area (Å²) in [6.45, 7) is -0.484. The highest BCUT2D eigenvalue weighted by Gasteiger charge is 2.36. The van der Waals surface area contributed by atoms with Crippen molar-refractivity contribution in [2.75, 3.05) is 0 Å². The summed E-state index contributed by atoms with van der Waals surface area (Å²) < 4.78 is 55.1. The van der Waals surface area contributed by atoms with Crippen LogP contribution in [0.25, 0.3) is 0 Å². The third-order valence-electron chi connectivity index (χ3n) is 4.35. The Morgan fingerprint density at radius 1 is 0.967 bits per heavy atom. The molecule has 3 rings (SSSR count). The Morgan fingerprint density at radius 3 is 2.07 bits per heavy atom. The molecule has 9 heteroatoms. The van der Waals surface area contributed by atoms with E-state index in [1.54, 1.807) is 30.3 Å². The minimum atomic E-state index is -4.31. The van der Waals surface area contributed by atoms with Gasteiger partial charge in [0.1, 0.15) is 17.7 Å². The normalized spacial score (nSPS) is 12.7. The van der Waals surface area contributed by atoms with Crippen molar-refractivity contribution in [3.05, 3.63) is 101 Å². The van der Waals surface area contributed by atoms with Crippen LogP contribution in [0, 0.1) is 11.6 Å². The molecule has 0 radical (unpaired) electrons. The molecule has 3 aromatic rings. The lowest BCUT2D eigenvalue weighted by Crippen LogP contribution is -2.41. The van der Waals surface area contributed by atoms with Crippen LogP contribution in [0.3, 0.4) is 0 Å². The van der Waals surface area contributed by atoms with Gasteiger partial charge in [0, 0.05) is 17.6 Å². The SMILES string of the molecule is NC(=O)C(c1ccccc1)N(Cc1cc(F)cc(F)c1)S(=O)(=O)c1ccc(Cl)cc1. The summed E-state index contributed by atoms with van der Waals surface area (Å²) in [6.07, 6.45) is 0. The fraction of sp³-hybridized carbons (Fsp3) is 0.0952. The Morgan fingerprint density at radius 2 is 1.53 bits per heavy atom. The second-order valence-corrected chi connectivity index (χ2v) is 8.82. The minimum absolute atomic E-state index is 0.0206. The molecular formula is C21H17ClF2N2O3S. The zero-order chi connectivity index (χ0) is 21.9. The number of halogens is 3. The van der Waals surface area contributed by atoms with Crippen molar-refractivity contribution in [1.29, 1.82) is 0 Å². The molecule has 0 aliphatic rings. The summed E-state index contributed by atoms with van der Waals surface area (Å²) in [4.78, 5) is 12.2. The molecule has 0 bridgehead atoms. The Hall–Kier alpha value is -2.81. The quantitative estimate of drug-likeness (QED) is 0.590. The topological polar surface area (TPSA) is 80.5 Å². The first kappa shape index (κ1) is 21.9. The van der Waals surface area contributed by atoms with Crippen LogP contribution in [0.1, 0.15) is 17.2 Å². The van der Waals surface area contributed by atoms with Crippen LogP contribution >= 0.6 is 11.6 Å². The van der Waals surface area contributed by atoms with E-state index in [-0.39, 0.29) is 10.5 Å². The molecule has 5 nitrogen and oxygen atoms in total. The standard InChI is InChI=1S/C21H17ClF2N2O3S/c22-16-6-8-19(9-7-16)30(28,29)26(13-14-10-17(23)12-18(24)11-14)20(21(25)27)15-4-2-1-3-5-15/h1-12,20H,13H2,(H2,25,27). The van der Waals surface area contributed by atoms with Crippen molar-refractivity contribution in [1.82, 2.24) is 4.31 Å². The van der Waals surface area contributed by atoms with Gasteiger partial charge in [0.25, 0.3) is 0 Å². The third-order valence-corrected chi connectivity index (χ3v) is 6.43. The molecule has 0 fully saturated rings. The van der Waals surface area contributed by atoms with Crippen LogP contribution in [0.5, 0.6) is 0 Å². The predicted octanol–water partition coefficient (Wildman–Crippen LogP) is 4.04. The Labute approximate surface area is 177 Å². The summed E-state index contributed by atoms with van der Waals surface area (Å²) in [7, 11) is -4.31. The first-order chi connectivity index (χ1) is 14.2. The second-order valence-electron chi connectivity index (χ2n) is 6.50. The summed E-state index contributed by atoms with van der Waals surface area (Å²) in [5.41, 5.74) is 5.91. The number of hydrogen-bond donors (Lipinski definition) is 1. The van der Waals surface area contributed by atoms with Gasteiger partial charge in [-0.3, -0.25) is 4.79 Å². The minimum Gasteiger partial charge on any atom is -0.368 e.